The largest absolute Gasteiger partial charge is 0.353 e. The molecule has 0 aliphatic rings. The molecule has 6 nitrogen and oxygen atoms in total. The summed E-state index contributed by atoms with van der Waals surface area (Å²) in [6.07, 6.45) is 0. The quantitative estimate of drug-likeness (QED) is 0.393. The highest BCUT2D eigenvalue weighted by Crippen LogP contribution is 2.18. The van der Waals surface area contributed by atoms with Crippen LogP contribution < -0.4 is 16.6 Å². The van der Waals surface area contributed by atoms with E-state index in [2.05, 4.69) is 10.7 Å². The van der Waals surface area contributed by atoms with Gasteiger partial charge in [-0.3, -0.25) is 19.9 Å². The van der Waals surface area contributed by atoms with Gasteiger partial charge in [-0.05, 0) is 32.5 Å². The van der Waals surface area contributed by atoms with Crippen LogP contribution >= 0.6 is 11.3 Å². The molecule has 0 aromatic carbocycles. The van der Waals surface area contributed by atoms with Crippen LogP contribution in [0.1, 0.15) is 35.3 Å². The molecule has 0 unspecified atom stereocenters. The Balaban J connectivity index is 2.57. The van der Waals surface area contributed by atoms with E-state index in [1.165, 1.54) is 11.3 Å². The summed E-state index contributed by atoms with van der Waals surface area (Å²) in [6.45, 7) is 7.64. The van der Waals surface area contributed by atoms with Gasteiger partial charge in [-0.2, -0.15) is 0 Å². The van der Waals surface area contributed by atoms with E-state index < -0.39 is 0 Å². The molecule has 1 aromatic heterocycles. The van der Waals surface area contributed by atoms with Gasteiger partial charge in [-0.25, -0.2) is 5.84 Å². The van der Waals surface area contributed by atoms with Gasteiger partial charge in [0.15, 0.2) is 0 Å². The van der Waals surface area contributed by atoms with E-state index in [-0.39, 0.29) is 17.9 Å². The highest BCUT2D eigenvalue weighted by atomic mass is 32.1. The van der Waals surface area contributed by atoms with Crippen LogP contribution in [0, 0.1) is 0 Å². The smallest absolute Gasteiger partial charge is 0.275 e. The molecule has 0 aliphatic carbocycles. The van der Waals surface area contributed by atoms with Crippen molar-refractivity contribution < 1.29 is 9.59 Å². The van der Waals surface area contributed by atoms with E-state index in [1.54, 1.807) is 6.07 Å². The van der Waals surface area contributed by atoms with Crippen molar-refractivity contribution in [3.63, 3.8) is 0 Å². The molecule has 1 heterocycles. The molecule has 4 N–H and O–H groups in total. The lowest BCUT2D eigenvalue weighted by Gasteiger charge is -2.19. The number of nitrogens with one attached hydrogen (secondary N) is 2. The fraction of sp³-hybridized carbons (Fsp3) is 0.538. The molecule has 112 valence electrons. The molecule has 1 rings (SSSR count). The minimum absolute atomic E-state index is 0.0123. The summed E-state index contributed by atoms with van der Waals surface area (Å²) in [5, 5.41) is 2.87. The molecule has 0 fully saturated rings. The topological polar surface area (TPSA) is 87.5 Å². The number of hydrogen-bond acceptors (Lipinski definition) is 5. The number of carbonyl (C=O) groups is 2. The van der Waals surface area contributed by atoms with Crippen molar-refractivity contribution >= 4 is 23.2 Å². The molecule has 20 heavy (non-hydrogen) atoms. The molecule has 0 bridgehead atoms. The van der Waals surface area contributed by atoms with Gasteiger partial charge in [0, 0.05) is 17.5 Å². The van der Waals surface area contributed by atoms with Crippen LogP contribution in [0.2, 0.25) is 0 Å². The first kappa shape index (κ1) is 16.6. The number of thiophene rings is 1. The van der Waals surface area contributed by atoms with Gasteiger partial charge < -0.3 is 5.32 Å². The van der Waals surface area contributed by atoms with Crippen LogP contribution in [0.4, 0.5) is 0 Å². The maximum Gasteiger partial charge on any atom is 0.275 e. The van der Waals surface area contributed by atoms with Crippen molar-refractivity contribution in [1.82, 2.24) is 15.6 Å². The summed E-state index contributed by atoms with van der Waals surface area (Å²) < 4.78 is 0. The second-order valence-corrected chi connectivity index (χ2v) is 5.93. The zero-order valence-electron chi connectivity index (χ0n) is 12.1. The van der Waals surface area contributed by atoms with E-state index in [0.29, 0.717) is 18.0 Å². The molecule has 2 amide bonds. The molecular weight excluding hydrogens is 276 g/mol. The van der Waals surface area contributed by atoms with Gasteiger partial charge in [-0.15, -0.1) is 11.3 Å². The standard InChI is InChI=1S/C13H22N4O2S/c1-4-17(8-12(18)15-9(2)3)7-10-5-6-11(20-10)13(19)16-14/h5-6,9H,4,7-8,14H2,1-3H3,(H,15,18)(H,16,19). The number of likely N-dealkylation sites (N-methyl/N-ethyl adjacent to an activating group) is 1. The van der Waals surface area contributed by atoms with Crippen LogP contribution in [0.15, 0.2) is 12.1 Å². The summed E-state index contributed by atoms with van der Waals surface area (Å²) >= 11 is 1.38. The van der Waals surface area contributed by atoms with Crippen molar-refractivity contribution in [2.75, 3.05) is 13.1 Å². The molecule has 1 aromatic rings. The summed E-state index contributed by atoms with van der Waals surface area (Å²) in [5.41, 5.74) is 2.11. The maximum atomic E-state index is 11.7. The van der Waals surface area contributed by atoms with E-state index in [9.17, 15) is 9.59 Å². The minimum Gasteiger partial charge on any atom is -0.353 e. The fourth-order valence-electron chi connectivity index (χ4n) is 1.73. The SMILES string of the molecule is CCN(CC(=O)NC(C)C)Cc1ccc(C(=O)NN)s1. The monoisotopic (exact) mass is 298 g/mol. The Bertz CT molecular complexity index is 459. The van der Waals surface area contributed by atoms with Crippen LogP contribution in [0.5, 0.6) is 0 Å². The third kappa shape index (κ3) is 5.28. The normalized spacial score (nSPS) is 10.9. The number of hydrazine groups is 1. The van der Waals surface area contributed by atoms with Crippen LogP contribution in [-0.4, -0.2) is 35.8 Å². The third-order valence-corrected chi connectivity index (χ3v) is 3.73. The number of rotatable bonds is 7. The number of carbonyl (C=O) groups excluding carboxylic acids is 2. The Morgan fingerprint density at radius 3 is 2.65 bits per heavy atom. The van der Waals surface area contributed by atoms with Crippen molar-refractivity contribution in [3.05, 3.63) is 21.9 Å². The maximum absolute atomic E-state index is 11.7. The lowest BCUT2D eigenvalue weighted by molar-refractivity contribution is -0.122. The molecular formula is C13H22N4O2S. The van der Waals surface area contributed by atoms with Crippen molar-refractivity contribution in [3.8, 4) is 0 Å². The number of nitrogen functional groups attached to an aromatic ring is 1. The molecule has 7 heteroatoms. The fourth-order valence-corrected chi connectivity index (χ4v) is 2.68. The van der Waals surface area contributed by atoms with Crippen molar-refractivity contribution in [2.45, 2.75) is 33.4 Å². The summed E-state index contributed by atoms with van der Waals surface area (Å²) in [7, 11) is 0. The number of nitrogens with two attached hydrogens (primary N) is 1. The van der Waals surface area contributed by atoms with E-state index >= 15 is 0 Å². The lowest BCUT2D eigenvalue weighted by Crippen LogP contribution is -2.39. The molecule has 0 spiro atoms. The zero-order chi connectivity index (χ0) is 15.1. The summed E-state index contributed by atoms with van der Waals surface area (Å²) in [6, 6.07) is 3.77. The number of nitrogens with zero attached hydrogens (tertiary/aromatic N) is 1. The second-order valence-electron chi connectivity index (χ2n) is 4.76. The first-order chi connectivity index (χ1) is 9.46. The Kier molecular flexibility index (Phi) is 6.63. The predicted octanol–water partition coefficient (Wildman–Crippen LogP) is 0.698. The van der Waals surface area contributed by atoms with Gasteiger partial charge >= 0.3 is 0 Å². The molecule has 0 atom stereocenters. The first-order valence-electron chi connectivity index (χ1n) is 6.57. The Morgan fingerprint density at radius 1 is 1.40 bits per heavy atom. The highest BCUT2D eigenvalue weighted by molar-refractivity contribution is 7.14. The third-order valence-electron chi connectivity index (χ3n) is 2.66. The average molecular weight is 298 g/mol. The van der Waals surface area contributed by atoms with Gasteiger partial charge in [0.25, 0.3) is 5.91 Å². The predicted molar refractivity (Wildman–Crippen MR) is 80.2 cm³/mol. The van der Waals surface area contributed by atoms with Gasteiger partial charge in [0.05, 0.1) is 11.4 Å². The Morgan fingerprint density at radius 2 is 2.10 bits per heavy atom. The molecule has 0 radical (unpaired) electrons. The van der Waals surface area contributed by atoms with Crippen LogP contribution in [0.25, 0.3) is 0 Å². The van der Waals surface area contributed by atoms with Crippen LogP contribution in [0.3, 0.4) is 0 Å². The van der Waals surface area contributed by atoms with E-state index in [4.69, 9.17) is 5.84 Å². The van der Waals surface area contributed by atoms with Gasteiger partial charge in [0.2, 0.25) is 5.91 Å². The minimum atomic E-state index is -0.290. The van der Waals surface area contributed by atoms with Crippen LogP contribution in [-0.2, 0) is 11.3 Å². The summed E-state index contributed by atoms with van der Waals surface area (Å²) in [5.74, 6) is 4.82. The second kappa shape index (κ2) is 7.98. The highest BCUT2D eigenvalue weighted by Gasteiger charge is 2.13. The van der Waals surface area contributed by atoms with E-state index in [1.807, 2.05) is 31.7 Å². The first-order valence-corrected chi connectivity index (χ1v) is 7.39. The number of hydrogen-bond donors (Lipinski definition) is 3. The van der Waals surface area contributed by atoms with Crippen molar-refractivity contribution in [1.29, 1.82) is 0 Å². The summed E-state index contributed by atoms with van der Waals surface area (Å²) in [4.78, 5) is 26.7. The molecule has 0 aliphatic heterocycles. The van der Waals surface area contributed by atoms with Crippen molar-refractivity contribution in [2.24, 2.45) is 5.84 Å². The van der Waals surface area contributed by atoms with Gasteiger partial charge in [0.1, 0.15) is 0 Å². The molecule has 0 saturated carbocycles. The van der Waals surface area contributed by atoms with Gasteiger partial charge in [-0.1, -0.05) is 6.92 Å². The molecule has 0 saturated heterocycles. The Hall–Kier alpha value is -1.44. The van der Waals surface area contributed by atoms with E-state index in [0.717, 1.165) is 11.4 Å². The zero-order valence-corrected chi connectivity index (χ0v) is 12.9. The Labute approximate surface area is 123 Å². The average Bonchev–Trinajstić information content (AvgIpc) is 2.84. The lowest BCUT2D eigenvalue weighted by atomic mass is 10.3. The number of amides is 2.